The summed E-state index contributed by atoms with van der Waals surface area (Å²) in [7, 11) is 0. The third kappa shape index (κ3) is 7.33. The minimum Gasteiger partial charge on any atom is -0.372 e. The fraction of sp³-hybridized carbons (Fsp3) is 0.478. The first kappa shape index (κ1) is 24.8. The fourth-order valence-corrected chi connectivity index (χ4v) is 4.19. The van der Waals surface area contributed by atoms with Crippen LogP contribution < -0.4 is 10.6 Å². The van der Waals surface area contributed by atoms with E-state index in [1.54, 1.807) is 32.0 Å². The number of hydrogen-bond acceptors (Lipinski definition) is 7. The van der Waals surface area contributed by atoms with E-state index in [2.05, 4.69) is 15.8 Å². The standard InChI is InChI=1S/C23H30N4O5S/c1-14-9-20(26-32-14)25-22(29)17(4)33-13-21(28)24-10-18-5-7-19(8-6-18)23(30)27-11-15(2)31-16(3)12-27/h5-9,15-17H,10-13H2,1-4H3,(H,24,28)(H,25,26,29). The van der Waals surface area contributed by atoms with Crippen molar-refractivity contribution in [2.75, 3.05) is 24.2 Å². The zero-order chi connectivity index (χ0) is 24.0. The fourth-order valence-electron chi connectivity index (χ4n) is 3.47. The lowest BCUT2D eigenvalue weighted by Crippen LogP contribution is -2.48. The molecule has 3 atom stereocenters. The smallest absolute Gasteiger partial charge is 0.254 e. The highest BCUT2D eigenvalue weighted by Crippen LogP contribution is 2.16. The first-order chi connectivity index (χ1) is 15.7. The van der Waals surface area contributed by atoms with Crippen molar-refractivity contribution in [2.24, 2.45) is 0 Å². The molecule has 0 bridgehead atoms. The predicted octanol–water partition coefficient (Wildman–Crippen LogP) is 2.61. The molecule has 3 rings (SSSR count). The monoisotopic (exact) mass is 474 g/mol. The molecule has 9 nitrogen and oxygen atoms in total. The summed E-state index contributed by atoms with van der Waals surface area (Å²) in [6.45, 7) is 8.89. The largest absolute Gasteiger partial charge is 0.372 e. The Morgan fingerprint density at radius 3 is 2.45 bits per heavy atom. The van der Waals surface area contributed by atoms with E-state index < -0.39 is 5.25 Å². The quantitative estimate of drug-likeness (QED) is 0.604. The van der Waals surface area contributed by atoms with E-state index in [0.717, 1.165) is 5.56 Å². The number of hydrogen-bond donors (Lipinski definition) is 2. The Labute approximate surface area is 197 Å². The van der Waals surface area contributed by atoms with Crippen molar-refractivity contribution in [3.63, 3.8) is 0 Å². The van der Waals surface area contributed by atoms with Crippen LogP contribution in [-0.4, -0.2) is 64.1 Å². The number of thioether (sulfide) groups is 1. The van der Waals surface area contributed by atoms with Crippen LogP contribution in [0.25, 0.3) is 0 Å². The lowest BCUT2D eigenvalue weighted by Gasteiger charge is -2.35. The van der Waals surface area contributed by atoms with E-state index in [-0.39, 0.29) is 35.7 Å². The van der Waals surface area contributed by atoms with Crippen LogP contribution in [0.15, 0.2) is 34.9 Å². The van der Waals surface area contributed by atoms with Crippen molar-refractivity contribution >= 4 is 35.3 Å². The first-order valence-electron chi connectivity index (χ1n) is 10.9. The van der Waals surface area contributed by atoms with Crippen molar-refractivity contribution in [3.05, 3.63) is 47.2 Å². The number of ether oxygens (including phenoxy) is 1. The number of nitrogens with one attached hydrogen (secondary N) is 2. The van der Waals surface area contributed by atoms with Gasteiger partial charge in [0.1, 0.15) is 5.76 Å². The third-order valence-electron chi connectivity index (χ3n) is 5.11. The van der Waals surface area contributed by atoms with Gasteiger partial charge in [0.2, 0.25) is 11.8 Å². The molecule has 2 N–H and O–H groups in total. The van der Waals surface area contributed by atoms with Crippen LogP contribution in [0.3, 0.4) is 0 Å². The van der Waals surface area contributed by atoms with Gasteiger partial charge in [-0.25, -0.2) is 0 Å². The molecule has 1 aromatic heterocycles. The van der Waals surface area contributed by atoms with E-state index in [1.165, 1.54) is 11.8 Å². The molecular formula is C23H30N4O5S. The second-order valence-electron chi connectivity index (χ2n) is 8.21. The molecule has 0 radical (unpaired) electrons. The Kier molecular flexibility index (Phi) is 8.51. The first-order valence-corrected chi connectivity index (χ1v) is 11.9. The zero-order valence-electron chi connectivity index (χ0n) is 19.3. The van der Waals surface area contributed by atoms with Gasteiger partial charge in [-0.15, -0.1) is 11.8 Å². The Morgan fingerprint density at radius 2 is 1.85 bits per heavy atom. The van der Waals surface area contributed by atoms with E-state index in [0.29, 0.717) is 36.8 Å². The minimum absolute atomic E-state index is 0.0166. The lowest BCUT2D eigenvalue weighted by molar-refractivity contribution is -0.118. The van der Waals surface area contributed by atoms with Gasteiger partial charge < -0.3 is 24.8 Å². The number of rotatable bonds is 8. The molecule has 0 aliphatic carbocycles. The topological polar surface area (TPSA) is 114 Å². The number of carbonyl (C=O) groups excluding carboxylic acids is 3. The summed E-state index contributed by atoms with van der Waals surface area (Å²) in [5.74, 6) is 0.675. The van der Waals surface area contributed by atoms with Crippen molar-refractivity contribution in [1.29, 1.82) is 0 Å². The molecule has 10 heteroatoms. The van der Waals surface area contributed by atoms with Gasteiger partial charge in [-0.2, -0.15) is 0 Å². The molecule has 1 saturated heterocycles. The summed E-state index contributed by atoms with van der Waals surface area (Å²) < 4.78 is 10.6. The van der Waals surface area contributed by atoms with Crippen molar-refractivity contribution in [1.82, 2.24) is 15.4 Å². The van der Waals surface area contributed by atoms with Gasteiger partial charge in [0.05, 0.1) is 23.2 Å². The Morgan fingerprint density at radius 1 is 1.18 bits per heavy atom. The molecule has 1 aliphatic rings. The summed E-state index contributed by atoms with van der Waals surface area (Å²) in [6.07, 6.45) is 0.0377. The molecule has 1 aliphatic heterocycles. The average Bonchev–Trinajstić information content (AvgIpc) is 3.19. The normalized spacial score (nSPS) is 19.1. The average molecular weight is 475 g/mol. The Bertz CT molecular complexity index is 967. The van der Waals surface area contributed by atoms with Crippen LogP contribution in [-0.2, 0) is 20.9 Å². The van der Waals surface area contributed by atoms with Gasteiger partial charge in [0.15, 0.2) is 5.82 Å². The highest BCUT2D eigenvalue weighted by Gasteiger charge is 2.26. The minimum atomic E-state index is -0.427. The van der Waals surface area contributed by atoms with E-state index in [9.17, 15) is 14.4 Å². The second kappa shape index (κ2) is 11.3. The van der Waals surface area contributed by atoms with Crippen LogP contribution in [0.2, 0.25) is 0 Å². The molecule has 2 aromatic rings. The van der Waals surface area contributed by atoms with Gasteiger partial charge in [0.25, 0.3) is 5.91 Å². The highest BCUT2D eigenvalue weighted by atomic mass is 32.2. The van der Waals surface area contributed by atoms with Crippen molar-refractivity contribution < 1.29 is 23.6 Å². The van der Waals surface area contributed by atoms with Gasteiger partial charge in [-0.1, -0.05) is 17.3 Å². The molecule has 0 spiro atoms. The molecule has 2 heterocycles. The number of amides is 3. The number of aromatic nitrogens is 1. The Balaban J connectivity index is 1.41. The van der Waals surface area contributed by atoms with Gasteiger partial charge in [-0.05, 0) is 45.4 Å². The number of benzene rings is 1. The SMILES string of the molecule is Cc1cc(NC(=O)C(C)SCC(=O)NCc2ccc(C(=O)N3CC(C)OC(C)C3)cc2)no1. The predicted molar refractivity (Wildman–Crippen MR) is 126 cm³/mol. The van der Waals surface area contributed by atoms with E-state index in [1.807, 2.05) is 30.9 Å². The van der Waals surface area contributed by atoms with Gasteiger partial charge in [0, 0.05) is 31.3 Å². The summed E-state index contributed by atoms with van der Waals surface area (Å²) in [5, 5.41) is 8.79. The van der Waals surface area contributed by atoms with Crippen LogP contribution in [0, 0.1) is 6.92 Å². The molecule has 3 amide bonds. The van der Waals surface area contributed by atoms with Crippen LogP contribution in [0.1, 0.15) is 42.5 Å². The molecule has 33 heavy (non-hydrogen) atoms. The molecule has 0 saturated carbocycles. The summed E-state index contributed by atoms with van der Waals surface area (Å²) in [5.41, 5.74) is 1.50. The number of morpholine rings is 1. The molecule has 178 valence electrons. The van der Waals surface area contributed by atoms with E-state index in [4.69, 9.17) is 9.26 Å². The molecule has 1 fully saturated rings. The molecule has 1 aromatic carbocycles. The number of anilines is 1. The highest BCUT2D eigenvalue weighted by molar-refractivity contribution is 8.01. The van der Waals surface area contributed by atoms with Crippen molar-refractivity contribution in [2.45, 2.75) is 51.7 Å². The van der Waals surface area contributed by atoms with Gasteiger partial charge >= 0.3 is 0 Å². The summed E-state index contributed by atoms with van der Waals surface area (Å²) in [6, 6.07) is 8.86. The number of carbonyl (C=O) groups is 3. The molecular weight excluding hydrogens is 444 g/mol. The number of nitrogens with zero attached hydrogens (tertiary/aromatic N) is 2. The van der Waals surface area contributed by atoms with E-state index >= 15 is 0 Å². The summed E-state index contributed by atoms with van der Waals surface area (Å²) >= 11 is 1.23. The summed E-state index contributed by atoms with van der Waals surface area (Å²) in [4.78, 5) is 38.9. The third-order valence-corrected chi connectivity index (χ3v) is 6.25. The second-order valence-corrected chi connectivity index (χ2v) is 9.54. The maximum atomic E-state index is 12.7. The Hall–Kier alpha value is -2.85. The van der Waals surface area contributed by atoms with Crippen LogP contribution >= 0.6 is 11.8 Å². The van der Waals surface area contributed by atoms with Crippen molar-refractivity contribution in [3.8, 4) is 0 Å². The maximum Gasteiger partial charge on any atom is 0.254 e. The molecule has 3 unspecified atom stereocenters. The van der Waals surface area contributed by atoms with Crippen LogP contribution in [0.4, 0.5) is 5.82 Å². The number of aryl methyl sites for hydroxylation is 1. The van der Waals surface area contributed by atoms with Crippen LogP contribution in [0.5, 0.6) is 0 Å². The lowest BCUT2D eigenvalue weighted by atomic mass is 10.1. The maximum absolute atomic E-state index is 12.7. The van der Waals surface area contributed by atoms with Gasteiger partial charge in [-0.3, -0.25) is 14.4 Å². The zero-order valence-corrected chi connectivity index (χ0v) is 20.1.